The lowest BCUT2D eigenvalue weighted by Gasteiger charge is -2.11. The summed E-state index contributed by atoms with van der Waals surface area (Å²) in [6.45, 7) is 3.01. The van der Waals surface area contributed by atoms with Gasteiger partial charge in [0.1, 0.15) is 5.75 Å². The zero-order valence-electron chi connectivity index (χ0n) is 8.79. The van der Waals surface area contributed by atoms with Crippen molar-refractivity contribution in [1.29, 1.82) is 0 Å². The Hall–Kier alpha value is -1.02. The summed E-state index contributed by atoms with van der Waals surface area (Å²) < 4.78 is 5.25. The molecule has 0 heterocycles. The van der Waals surface area contributed by atoms with Crippen LogP contribution in [0.5, 0.6) is 5.75 Å². The fourth-order valence-corrected chi connectivity index (χ4v) is 1.33. The van der Waals surface area contributed by atoms with Gasteiger partial charge in [0.05, 0.1) is 7.11 Å². The molecule has 2 heteroatoms. The van der Waals surface area contributed by atoms with Gasteiger partial charge in [-0.1, -0.05) is 12.1 Å². The van der Waals surface area contributed by atoms with Crippen LogP contribution in [0.3, 0.4) is 0 Å². The Labute approximate surface area is 80.1 Å². The highest BCUT2D eigenvalue weighted by molar-refractivity contribution is 5.36. The molecule has 1 rings (SSSR count). The first-order chi connectivity index (χ1) is 6.13. The summed E-state index contributed by atoms with van der Waals surface area (Å²) in [6, 6.07) is 6.32. The minimum absolute atomic E-state index is 0.955. The second-order valence-electron chi connectivity index (χ2n) is 3.54. The van der Waals surface area contributed by atoms with E-state index in [9.17, 15) is 0 Å². The summed E-state index contributed by atoms with van der Waals surface area (Å²) in [5.74, 6) is 0.972. The van der Waals surface area contributed by atoms with Gasteiger partial charge in [-0.15, -0.1) is 0 Å². The zero-order chi connectivity index (χ0) is 9.84. The summed E-state index contributed by atoms with van der Waals surface area (Å²) in [4.78, 5) is 2.14. The molecular formula is C11H17NO. The van der Waals surface area contributed by atoms with Gasteiger partial charge in [0, 0.05) is 6.54 Å². The van der Waals surface area contributed by atoms with E-state index in [1.165, 1.54) is 11.1 Å². The van der Waals surface area contributed by atoms with Crippen molar-refractivity contribution >= 4 is 0 Å². The fraction of sp³-hybridized carbons (Fsp3) is 0.455. The van der Waals surface area contributed by atoms with Gasteiger partial charge in [0.25, 0.3) is 0 Å². The third kappa shape index (κ3) is 2.74. The van der Waals surface area contributed by atoms with E-state index in [0.717, 1.165) is 12.3 Å². The van der Waals surface area contributed by atoms with Crippen molar-refractivity contribution in [3.05, 3.63) is 29.3 Å². The highest BCUT2D eigenvalue weighted by atomic mass is 16.5. The van der Waals surface area contributed by atoms with Gasteiger partial charge in [-0.3, -0.25) is 0 Å². The lowest BCUT2D eigenvalue weighted by Crippen LogP contribution is -2.10. The van der Waals surface area contributed by atoms with Crippen LogP contribution in [0.15, 0.2) is 18.2 Å². The number of aryl methyl sites for hydroxylation is 1. The van der Waals surface area contributed by atoms with Crippen molar-refractivity contribution in [1.82, 2.24) is 4.90 Å². The third-order valence-electron chi connectivity index (χ3n) is 1.97. The molecule has 0 aromatic heterocycles. The Morgan fingerprint density at radius 3 is 2.54 bits per heavy atom. The van der Waals surface area contributed by atoms with Crippen LogP contribution in [0.4, 0.5) is 0 Å². The Morgan fingerprint density at radius 2 is 2.00 bits per heavy atom. The number of methoxy groups -OCH3 is 1. The van der Waals surface area contributed by atoms with E-state index in [4.69, 9.17) is 4.74 Å². The van der Waals surface area contributed by atoms with Gasteiger partial charge < -0.3 is 9.64 Å². The summed E-state index contributed by atoms with van der Waals surface area (Å²) >= 11 is 0. The average Bonchev–Trinajstić information content (AvgIpc) is 2.07. The van der Waals surface area contributed by atoms with Crippen LogP contribution in [0.1, 0.15) is 11.1 Å². The van der Waals surface area contributed by atoms with E-state index >= 15 is 0 Å². The molecule has 0 radical (unpaired) electrons. The maximum atomic E-state index is 5.25. The van der Waals surface area contributed by atoms with Gasteiger partial charge in [-0.25, -0.2) is 0 Å². The molecule has 0 saturated heterocycles. The fourth-order valence-electron chi connectivity index (χ4n) is 1.33. The summed E-state index contributed by atoms with van der Waals surface area (Å²) in [5.41, 5.74) is 2.47. The van der Waals surface area contributed by atoms with Gasteiger partial charge >= 0.3 is 0 Å². The Bertz CT molecular complexity index is 281. The second-order valence-corrected chi connectivity index (χ2v) is 3.54. The van der Waals surface area contributed by atoms with Crippen molar-refractivity contribution in [3.63, 3.8) is 0 Å². The molecule has 0 bridgehead atoms. The molecule has 2 nitrogen and oxygen atoms in total. The van der Waals surface area contributed by atoms with Gasteiger partial charge in [-0.05, 0) is 38.2 Å². The summed E-state index contributed by atoms with van der Waals surface area (Å²) in [7, 11) is 5.83. The minimum atomic E-state index is 0.955. The molecule has 0 aliphatic carbocycles. The lowest BCUT2D eigenvalue weighted by atomic mass is 10.1. The largest absolute Gasteiger partial charge is 0.496 e. The molecule has 0 amide bonds. The van der Waals surface area contributed by atoms with Crippen LogP contribution in [0.25, 0.3) is 0 Å². The van der Waals surface area contributed by atoms with Crippen LogP contribution in [0.2, 0.25) is 0 Å². The van der Waals surface area contributed by atoms with E-state index in [0.29, 0.717) is 0 Å². The van der Waals surface area contributed by atoms with Gasteiger partial charge in [0.2, 0.25) is 0 Å². The number of ether oxygens (including phenoxy) is 1. The molecule has 0 N–H and O–H groups in total. The second kappa shape index (κ2) is 4.28. The van der Waals surface area contributed by atoms with Crippen LogP contribution in [-0.2, 0) is 6.54 Å². The first-order valence-electron chi connectivity index (χ1n) is 4.41. The smallest absolute Gasteiger partial charge is 0.122 e. The predicted molar refractivity (Wildman–Crippen MR) is 55.1 cm³/mol. The highest BCUT2D eigenvalue weighted by Crippen LogP contribution is 2.19. The SMILES string of the molecule is COc1cc(CN(C)C)ccc1C. The average molecular weight is 179 g/mol. The van der Waals surface area contributed by atoms with Crippen molar-refractivity contribution < 1.29 is 4.74 Å². The monoisotopic (exact) mass is 179 g/mol. The van der Waals surface area contributed by atoms with E-state index in [-0.39, 0.29) is 0 Å². The molecule has 0 atom stereocenters. The molecule has 13 heavy (non-hydrogen) atoms. The molecule has 72 valence electrons. The quantitative estimate of drug-likeness (QED) is 0.704. The van der Waals surface area contributed by atoms with E-state index in [1.54, 1.807) is 7.11 Å². The predicted octanol–water partition coefficient (Wildman–Crippen LogP) is 2.07. The van der Waals surface area contributed by atoms with Crippen molar-refractivity contribution in [2.75, 3.05) is 21.2 Å². The van der Waals surface area contributed by atoms with Gasteiger partial charge in [-0.2, -0.15) is 0 Å². The van der Waals surface area contributed by atoms with E-state index in [2.05, 4.69) is 44.1 Å². The molecule has 0 saturated carbocycles. The summed E-state index contributed by atoms with van der Waals surface area (Å²) in [5, 5.41) is 0. The van der Waals surface area contributed by atoms with Crippen LogP contribution in [0, 0.1) is 6.92 Å². The molecule has 1 aromatic carbocycles. The molecule has 0 aliphatic heterocycles. The first-order valence-corrected chi connectivity index (χ1v) is 4.41. The topological polar surface area (TPSA) is 12.5 Å². The molecule has 0 fully saturated rings. The number of hydrogen-bond acceptors (Lipinski definition) is 2. The Morgan fingerprint density at radius 1 is 1.31 bits per heavy atom. The standard InChI is InChI=1S/C11H17NO/c1-9-5-6-10(8-12(2)3)7-11(9)13-4/h5-7H,8H2,1-4H3. The molecule has 0 aliphatic rings. The molecule has 0 spiro atoms. The maximum absolute atomic E-state index is 5.25. The summed E-state index contributed by atoms with van der Waals surface area (Å²) in [6.07, 6.45) is 0. The molecule has 0 unspecified atom stereocenters. The third-order valence-corrected chi connectivity index (χ3v) is 1.97. The van der Waals surface area contributed by atoms with Crippen molar-refractivity contribution in [2.45, 2.75) is 13.5 Å². The Balaban J connectivity index is 2.86. The number of nitrogens with zero attached hydrogens (tertiary/aromatic N) is 1. The minimum Gasteiger partial charge on any atom is -0.496 e. The molecule has 1 aromatic rings. The lowest BCUT2D eigenvalue weighted by molar-refractivity contribution is 0.394. The number of rotatable bonds is 3. The number of benzene rings is 1. The normalized spacial score (nSPS) is 10.5. The Kier molecular flexibility index (Phi) is 3.32. The van der Waals surface area contributed by atoms with Crippen molar-refractivity contribution in [3.8, 4) is 5.75 Å². The van der Waals surface area contributed by atoms with Crippen LogP contribution >= 0.6 is 0 Å². The molecular weight excluding hydrogens is 162 g/mol. The first kappa shape index (κ1) is 10.1. The van der Waals surface area contributed by atoms with Crippen molar-refractivity contribution in [2.24, 2.45) is 0 Å². The highest BCUT2D eigenvalue weighted by Gasteiger charge is 2.00. The number of hydrogen-bond donors (Lipinski definition) is 0. The maximum Gasteiger partial charge on any atom is 0.122 e. The van der Waals surface area contributed by atoms with Gasteiger partial charge in [0.15, 0.2) is 0 Å². The van der Waals surface area contributed by atoms with E-state index in [1.807, 2.05) is 0 Å². The van der Waals surface area contributed by atoms with Crippen LogP contribution in [-0.4, -0.2) is 26.1 Å². The van der Waals surface area contributed by atoms with Crippen LogP contribution < -0.4 is 4.74 Å². The zero-order valence-corrected chi connectivity index (χ0v) is 8.79. The van der Waals surface area contributed by atoms with E-state index < -0.39 is 0 Å².